The highest BCUT2D eigenvalue weighted by Gasteiger charge is 2.57. The third kappa shape index (κ3) is 2.46. The van der Waals surface area contributed by atoms with Gasteiger partial charge in [-0.25, -0.2) is 9.18 Å². The van der Waals surface area contributed by atoms with Gasteiger partial charge in [0.1, 0.15) is 12.2 Å². The molecule has 120 valence electrons. The Hall–Kier alpha value is -1.99. The highest BCUT2D eigenvalue weighted by molar-refractivity contribution is 5.28. The summed E-state index contributed by atoms with van der Waals surface area (Å²) in [4.78, 5) is 15.1. The molecule has 2 heterocycles. The predicted molar refractivity (Wildman–Crippen MR) is 72.9 cm³/mol. The zero-order valence-electron chi connectivity index (χ0n) is 11.9. The summed E-state index contributed by atoms with van der Waals surface area (Å²) in [6.45, 7) is 2.74. The van der Waals surface area contributed by atoms with Crippen molar-refractivity contribution < 1.29 is 24.4 Å². The van der Waals surface area contributed by atoms with Crippen molar-refractivity contribution in [1.82, 2.24) is 9.55 Å². The highest BCUT2D eigenvalue weighted by Crippen LogP contribution is 2.38. The molecule has 5 atom stereocenters. The SMILES string of the molecule is CC#CC1(O)C(O)[C@@H]([C@H](C)O)O[C@H]1n1cc(F)c(N)nc1=O. The number of hydrogen-bond donors (Lipinski definition) is 4. The van der Waals surface area contributed by atoms with Crippen molar-refractivity contribution >= 4 is 5.82 Å². The molecule has 1 aromatic heterocycles. The lowest BCUT2D eigenvalue weighted by Crippen LogP contribution is -2.48. The van der Waals surface area contributed by atoms with Crippen molar-refractivity contribution in [2.24, 2.45) is 0 Å². The Morgan fingerprint density at radius 1 is 1.64 bits per heavy atom. The Morgan fingerprint density at radius 2 is 2.27 bits per heavy atom. The van der Waals surface area contributed by atoms with Gasteiger partial charge in [-0.05, 0) is 13.8 Å². The van der Waals surface area contributed by atoms with Gasteiger partial charge < -0.3 is 25.8 Å². The second-order valence-corrected chi connectivity index (χ2v) is 5.00. The molecule has 0 aromatic carbocycles. The summed E-state index contributed by atoms with van der Waals surface area (Å²) < 4.78 is 19.5. The van der Waals surface area contributed by atoms with Gasteiger partial charge in [0.2, 0.25) is 0 Å². The van der Waals surface area contributed by atoms with Crippen LogP contribution in [0.15, 0.2) is 11.0 Å². The number of rotatable bonds is 2. The van der Waals surface area contributed by atoms with Gasteiger partial charge >= 0.3 is 5.69 Å². The predicted octanol–water partition coefficient (Wildman–Crippen LogP) is -1.64. The Kier molecular flexibility index (Phi) is 4.21. The third-order valence-corrected chi connectivity index (χ3v) is 3.41. The summed E-state index contributed by atoms with van der Waals surface area (Å²) in [5.74, 6) is 3.16. The number of halogens is 1. The second-order valence-electron chi connectivity index (χ2n) is 5.00. The summed E-state index contributed by atoms with van der Waals surface area (Å²) in [5, 5.41) is 30.4. The van der Waals surface area contributed by atoms with Crippen LogP contribution in [0.5, 0.6) is 0 Å². The summed E-state index contributed by atoms with van der Waals surface area (Å²) in [5.41, 5.74) is 1.99. The lowest BCUT2D eigenvalue weighted by molar-refractivity contribution is -0.0886. The van der Waals surface area contributed by atoms with Crippen LogP contribution in [0.3, 0.4) is 0 Å². The van der Waals surface area contributed by atoms with Crippen LogP contribution in [0, 0.1) is 17.7 Å². The molecule has 9 heteroatoms. The van der Waals surface area contributed by atoms with Gasteiger partial charge in [-0.2, -0.15) is 4.98 Å². The maximum absolute atomic E-state index is 13.6. The van der Waals surface area contributed by atoms with E-state index in [9.17, 15) is 24.5 Å². The zero-order valence-corrected chi connectivity index (χ0v) is 11.9. The number of aliphatic hydroxyl groups is 3. The zero-order chi connectivity index (χ0) is 16.7. The van der Waals surface area contributed by atoms with Gasteiger partial charge in [-0.3, -0.25) is 4.57 Å². The normalized spacial score (nSPS) is 32.4. The van der Waals surface area contributed by atoms with E-state index >= 15 is 0 Å². The van der Waals surface area contributed by atoms with E-state index in [4.69, 9.17) is 10.5 Å². The molecule has 0 aliphatic carbocycles. The third-order valence-electron chi connectivity index (χ3n) is 3.41. The van der Waals surface area contributed by atoms with Gasteiger partial charge in [0, 0.05) is 0 Å². The van der Waals surface area contributed by atoms with Crippen LogP contribution in [0.4, 0.5) is 10.2 Å². The average Bonchev–Trinajstić information content (AvgIpc) is 2.68. The van der Waals surface area contributed by atoms with E-state index < -0.39 is 47.5 Å². The molecule has 22 heavy (non-hydrogen) atoms. The standard InChI is InChI=1S/C13H16FN3O5/c1-3-4-13(21)9(19)8(6(2)18)22-11(13)17-5-7(14)10(15)16-12(17)20/h5-6,8-9,11,18-19,21H,1-2H3,(H2,15,16,20)/t6-,8+,9?,11+,13?/m0/s1. The van der Waals surface area contributed by atoms with Crippen molar-refractivity contribution in [2.75, 3.05) is 5.73 Å². The maximum atomic E-state index is 13.6. The summed E-state index contributed by atoms with van der Waals surface area (Å²) >= 11 is 0. The van der Waals surface area contributed by atoms with Gasteiger partial charge in [0.15, 0.2) is 23.5 Å². The molecule has 8 nitrogen and oxygen atoms in total. The number of nitrogen functional groups attached to an aromatic ring is 1. The first-order valence-corrected chi connectivity index (χ1v) is 6.44. The number of nitrogens with two attached hydrogens (primary N) is 1. The summed E-state index contributed by atoms with van der Waals surface area (Å²) in [7, 11) is 0. The molecule has 0 amide bonds. The van der Waals surface area contributed by atoms with E-state index in [1.165, 1.54) is 13.8 Å². The van der Waals surface area contributed by atoms with Crippen LogP contribution in [-0.4, -0.2) is 48.8 Å². The Morgan fingerprint density at radius 3 is 2.82 bits per heavy atom. The van der Waals surface area contributed by atoms with Crippen LogP contribution in [-0.2, 0) is 4.74 Å². The molecule has 1 saturated heterocycles. The largest absolute Gasteiger partial charge is 0.391 e. The van der Waals surface area contributed by atoms with E-state index in [-0.39, 0.29) is 0 Å². The minimum Gasteiger partial charge on any atom is -0.391 e. The molecule has 1 fully saturated rings. The number of aromatic nitrogens is 2. The minimum atomic E-state index is -2.22. The van der Waals surface area contributed by atoms with Crippen LogP contribution in [0.2, 0.25) is 0 Å². The molecule has 0 spiro atoms. The van der Waals surface area contributed by atoms with E-state index in [0.717, 1.165) is 0 Å². The highest BCUT2D eigenvalue weighted by atomic mass is 19.1. The summed E-state index contributed by atoms with van der Waals surface area (Å²) in [6.07, 6.45) is -4.84. The quantitative estimate of drug-likeness (QED) is 0.482. The molecule has 2 rings (SSSR count). The fourth-order valence-corrected chi connectivity index (χ4v) is 2.34. The van der Waals surface area contributed by atoms with Gasteiger partial charge in [0.05, 0.1) is 12.3 Å². The number of aliphatic hydroxyl groups excluding tert-OH is 2. The molecular weight excluding hydrogens is 297 g/mol. The van der Waals surface area contributed by atoms with Gasteiger partial charge in [-0.1, -0.05) is 5.92 Å². The molecular formula is C13H16FN3O5. The fraction of sp³-hybridized carbons (Fsp3) is 0.538. The topological polar surface area (TPSA) is 131 Å². The van der Waals surface area contributed by atoms with Crippen molar-refractivity contribution in [3.63, 3.8) is 0 Å². The van der Waals surface area contributed by atoms with Crippen molar-refractivity contribution in [2.45, 2.75) is 44.0 Å². The van der Waals surface area contributed by atoms with Gasteiger partial charge in [-0.15, -0.1) is 5.92 Å². The number of nitrogens with zero attached hydrogens (tertiary/aromatic N) is 2. The molecule has 1 aliphatic heterocycles. The molecule has 2 unspecified atom stereocenters. The van der Waals surface area contributed by atoms with Crippen LogP contribution < -0.4 is 11.4 Å². The second kappa shape index (κ2) is 5.66. The van der Waals surface area contributed by atoms with Crippen LogP contribution >= 0.6 is 0 Å². The number of ether oxygens (including phenoxy) is 1. The van der Waals surface area contributed by atoms with E-state index in [2.05, 4.69) is 16.8 Å². The first kappa shape index (κ1) is 16.4. The lowest BCUT2D eigenvalue weighted by Gasteiger charge is -2.26. The van der Waals surface area contributed by atoms with Crippen LogP contribution in [0.25, 0.3) is 0 Å². The van der Waals surface area contributed by atoms with E-state index in [1.54, 1.807) is 0 Å². The first-order valence-electron chi connectivity index (χ1n) is 6.44. The van der Waals surface area contributed by atoms with Gasteiger partial charge in [0.25, 0.3) is 0 Å². The number of anilines is 1. The smallest absolute Gasteiger partial charge is 0.351 e. The van der Waals surface area contributed by atoms with Crippen molar-refractivity contribution in [3.8, 4) is 11.8 Å². The number of hydrogen-bond acceptors (Lipinski definition) is 7. The Bertz CT molecular complexity index is 695. The first-order chi connectivity index (χ1) is 10.2. The molecule has 5 N–H and O–H groups in total. The van der Waals surface area contributed by atoms with E-state index in [0.29, 0.717) is 10.8 Å². The average molecular weight is 313 g/mol. The lowest BCUT2D eigenvalue weighted by atomic mass is 9.93. The maximum Gasteiger partial charge on any atom is 0.351 e. The van der Waals surface area contributed by atoms with Crippen molar-refractivity contribution in [1.29, 1.82) is 0 Å². The Balaban J connectivity index is 2.59. The summed E-state index contributed by atoms with van der Waals surface area (Å²) in [6, 6.07) is 0. The molecule has 0 bridgehead atoms. The van der Waals surface area contributed by atoms with Crippen LogP contribution in [0.1, 0.15) is 20.1 Å². The monoisotopic (exact) mass is 313 g/mol. The molecule has 1 aliphatic rings. The minimum absolute atomic E-state index is 0.600. The molecule has 0 radical (unpaired) electrons. The van der Waals surface area contributed by atoms with Crippen molar-refractivity contribution in [3.05, 3.63) is 22.5 Å². The Labute approximate surface area is 125 Å². The molecule has 1 aromatic rings. The molecule has 0 saturated carbocycles. The fourth-order valence-electron chi connectivity index (χ4n) is 2.34. The van der Waals surface area contributed by atoms with E-state index in [1.807, 2.05) is 0 Å².